The molecule has 5 heteroatoms. The van der Waals surface area contributed by atoms with Crippen molar-refractivity contribution in [3.8, 4) is 0 Å². The number of aryl methyl sites for hydroxylation is 1. The maximum Gasteiger partial charge on any atom is 0.269 e. The Balaban J connectivity index is 2.02. The quantitative estimate of drug-likeness (QED) is 0.662. The molecule has 0 fully saturated rings. The molecule has 0 unspecified atom stereocenters. The van der Waals surface area contributed by atoms with Gasteiger partial charge in [-0.2, -0.15) is 0 Å². The Hall–Kier alpha value is -2.43. The molecule has 18 heavy (non-hydrogen) atoms. The third kappa shape index (κ3) is 2.82. The van der Waals surface area contributed by atoms with Gasteiger partial charge in [-0.3, -0.25) is 10.1 Å². The summed E-state index contributed by atoms with van der Waals surface area (Å²) in [7, 11) is 0. The molecule has 0 radical (unpaired) electrons. The predicted molar refractivity (Wildman–Crippen MR) is 69.4 cm³/mol. The Kier molecular flexibility index (Phi) is 3.52. The Bertz CT molecular complexity index is 552. The Morgan fingerprint density at radius 2 is 2.00 bits per heavy atom. The van der Waals surface area contributed by atoms with E-state index in [0.717, 1.165) is 16.9 Å². The van der Waals surface area contributed by atoms with Crippen LogP contribution in [0, 0.1) is 17.0 Å². The smallest absolute Gasteiger partial charge is 0.269 e. The van der Waals surface area contributed by atoms with Crippen molar-refractivity contribution < 1.29 is 4.92 Å². The first kappa shape index (κ1) is 12.0. The molecule has 92 valence electrons. The van der Waals surface area contributed by atoms with Gasteiger partial charge in [0.1, 0.15) is 5.82 Å². The van der Waals surface area contributed by atoms with Crippen LogP contribution >= 0.6 is 0 Å². The summed E-state index contributed by atoms with van der Waals surface area (Å²) < 4.78 is 0. The molecular weight excluding hydrogens is 230 g/mol. The summed E-state index contributed by atoms with van der Waals surface area (Å²) in [5.74, 6) is 0.829. The number of benzene rings is 1. The van der Waals surface area contributed by atoms with Crippen LogP contribution in [0.5, 0.6) is 0 Å². The highest BCUT2D eigenvalue weighted by Gasteiger charge is 2.04. The van der Waals surface area contributed by atoms with E-state index < -0.39 is 4.92 Å². The van der Waals surface area contributed by atoms with Crippen molar-refractivity contribution in [2.24, 2.45) is 0 Å². The number of hydrogen-bond donors (Lipinski definition) is 1. The number of hydrogen-bond acceptors (Lipinski definition) is 4. The molecule has 0 amide bonds. The zero-order valence-corrected chi connectivity index (χ0v) is 9.96. The number of rotatable bonds is 4. The van der Waals surface area contributed by atoms with Crippen molar-refractivity contribution >= 4 is 11.5 Å². The highest BCUT2D eigenvalue weighted by atomic mass is 16.6. The molecular formula is C13H13N3O2. The number of nitrogens with zero attached hydrogens (tertiary/aromatic N) is 2. The minimum absolute atomic E-state index is 0.104. The number of non-ortho nitro benzene ring substituents is 1. The molecule has 1 heterocycles. The molecule has 0 saturated carbocycles. The van der Waals surface area contributed by atoms with Crippen LogP contribution < -0.4 is 5.32 Å². The molecule has 1 N–H and O–H groups in total. The summed E-state index contributed by atoms with van der Waals surface area (Å²) in [6.45, 7) is 2.57. The van der Waals surface area contributed by atoms with Gasteiger partial charge in [0.05, 0.1) is 4.92 Å². The van der Waals surface area contributed by atoms with Crippen LogP contribution in [-0.4, -0.2) is 9.91 Å². The Labute approximate surface area is 105 Å². The van der Waals surface area contributed by atoms with Crippen LogP contribution in [0.2, 0.25) is 0 Å². The first-order chi connectivity index (χ1) is 8.66. The third-order valence-corrected chi connectivity index (χ3v) is 2.62. The van der Waals surface area contributed by atoms with Gasteiger partial charge in [0, 0.05) is 24.9 Å². The van der Waals surface area contributed by atoms with E-state index in [1.165, 1.54) is 12.1 Å². The number of nitrogens with one attached hydrogen (secondary N) is 1. The van der Waals surface area contributed by atoms with Gasteiger partial charge in [-0.25, -0.2) is 4.98 Å². The van der Waals surface area contributed by atoms with E-state index in [9.17, 15) is 10.1 Å². The lowest BCUT2D eigenvalue weighted by atomic mass is 10.2. The van der Waals surface area contributed by atoms with Crippen LogP contribution in [0.4, 0.5) is 11.5 Å². The minimum Gasteiger partial charge on any atom is -0.366 e. The number of aromatic nitrogens is 1. The maximum absolute atomic E-state index is 10.5. The Morgan fingerprint density at radius 1 is 1.28 bits per heavy atom. The topological polar surface area (TPSA) is 68.1 Å². The molecule has 1 aromatic carbocycles. The second-order valence-corrected chi connectivity index (χ2v) is 3.95. The molecule has 1 aromatic heterocycles. The molecule has 0 aliphatic rings. The van der Waals surface area contributed by atoms with E-state index in [1.807, 2.05) is 19.1 Å². The highest BCUT2D eigenvalue weighted by Crippen LogP contribution is 2.14. The number of nitro benzene ring substituents is 1. The van der Waals surface area contributed by atoms with Crippen molar-refractivity contribution in [3.63, 3.8) is 0 Å². The second kappa shape index (κ2) is 5.27. The van der Waals surface area contributed by atoms with Crippen molar-refractivity contribution in [3.05, 3.63) is 63.8 Å². The van der Waals surface area contributed by atoms with Gasteiger partial charge in [0.15, 0.2) is 0 Å². The third-order valence-electron chi connectivity index (χ3n) is 2.62. The van der Waals surface area contributed by atoms with E-state index in [1.54, 1.807) is 18.3 Å². The monoisotopic (exact) mass is 243 g/mol. The number of pyridine rings is 1. The molecule has 0 aliphatic carbocycles. The molecule has 0 bridgehead atoms. The maximum atomic E-state index is 10.5. The van der Waals surface area contributed by atoms with Crippen LogP contribution in [0.1, 0.15) is 11.1 Å². The lowest BCUT2D eigenvalue weighted by Crippen LogP contribution is -2.02. The number of nitro groups is 1. The fourth-order valence-electron chi connectivity index (χ4n) is 1.59. The van der Waals surface area contributed by atoms with E-state index in [2.05, 4.69) is 10.3 Å². The van der Waals surface area contributed by atoms with Crippen molar-refractivity contribution in [2.45, 2.75) is 13.5 Å². The van der Waals surface area contributed by atoms with Crippen molar-refractivity contribution in [1.29, 1.82) is 0 Å². The summed E-state index contributed by atoms with van der Waals surface area (Å²) in [6.07, 6.45) is 1.73. The summed E-state index contributed by atoms with van der Waals surface area (Å²) in [4.78, 5) is 14.3. The molecule has 2 aromatic rings. The minimum atomic E-state index is -0.403. The van der Waals surface area contributed by atoms with Gasteiger partial charge in [-0.15, -0.1) is 0 Å². The molecule has 2 rings (SSSR count). The normalized spacial score (nSPS) is 10.1. The van der Waals surface area contributed by atoms with Crippen molar-refractivity contribution in [1.82, 2.24) is 4.98 Å². The van der Waals surface area contributed by atoms with Gasteiger partial charge in [0.2, 0.25) is 0 Å². The lowest BCUT2D eigenvalue weighted by molar-refractivity contribution is -0.384. The predicted octanol–water partition coefficient (Wildman–Crippen LogP) is 2.91. The fourth-order valence-corrected chi connectivity index (χ4v) is 1.59. The van der Waals surface area contributed by atoms with Crippen LogP contribution in [0.3, 0.4) is 0 Å². The van der Waals surface area contributed by atoms with Gasteiger partial charge >= 0.3 is 0 Å². The largest absolute Gasteiger partial charge is 0.366 e. The molecule has 0 aliphatic heterocycles. The number of anilines is 1. The summed E-state index contributed by atoms with van der Waals surface area (Å²) in [5.41, 5.74) is 2.15. The first-order valence-electron chi connectivity index (χ1n) is 5.55. The van der Waals surface area contributed by atoms with Crippen LogP contribution in [0.15, 0.2) is 42.6 Å². The van der Waals surface area contributed by atoms with Crippen LogP contribution in [-0.2, 0) is 6.54 Å². The summed E-state index contributed by atoms with van der Waals surface area (Å²) >= 11 is 0. The average molecular weight is 243 g/mol. The van der Waals surface area contributed by atoms with E-state index in [4.69, 9.17) is 0 Å². The van der Waals surface area contributed by atoms with Gasteiger partial charge in [0.25, 0.3) is 5.69 Å². The van der Waals surface area contributed by atoms with Crippen molar-refractivity contribution in [2.75, 3.05) is 5.32 Å². The molecule has 0 spiro atoms. The SMILES string of the molecule is Cc1cccnc1NCc1ccc([N+](=O)[O-])cc1. The van der Waals surface area contributed by atoms with E-state index in [0.29, 0.717) is 6.54 Å². The van der Waals surface area contributed by atoms with Gasteiger partial charge < -0.3 is 5.32 Å². The molecule has 5 nitrogen and oxygen atoms in total. The zero-order chi connectivity index (χ0) is 13.0. The fraction of sp³-hybridized carbons (Fsp3) is 0.154. The first-order valence-corrected chi connectivity index (χ1v) is 5.55. The lowest BCUT2D eigenvalue weighted by Gasteiger charge is -2.07. The molecule has 0 atom stereocenters. The Morgan fingerprint density at radius 3 is 2.61 bits per heavy atom. The second-order valence-electron chi connectivity index (χ2n) is 3.95. The average Bonchev–Trinajstić information content (AvgIpc) is 2.38. The van der Waals surface area contributed by atoms with E-state index in [-0.39, 0.29) is 5.69 Å². The summed E-state index contributed by atoms with van der Waals surface area (Å²) in [6, 6.07) is 10.3. The van der Waals surface area contributed by atoms with Gasteiger partial charge in [-0.05, 0) is 24.1 Å². The zero-order valence-electron chi connectivity index (χ0n) is 9.96. The highest BCUT2D eigenvalue weighted by molar-refractivity contribution is 5.43. The van der Waals surface area contributed by atoms with Crippen LogP contribution in [0.25, 0.3) is 0 Å². The molecule has 0 saturated heterocycles. The summed E-state index contributed by atoms with van der Waals surface area (Å²) in [5, 5.41) is 13.7. The standard InChI is InChI=1S/C13H13N3O2/c1-10-3-2-8-14-13(10)15-9-11-4-6-12(7-5-11)16(17)18/h2-8H,9H2,1H3,(H,14,15). The van der Waals surface area contributed by atoms with Gasteiger partial charge in [-0.1, -0.05) is 18.2 Å². The van der Waals surface area contributed by atoms with E-state index >= 15 is 0 Å².